The SMILES string of the molecule is C[Si](C)(C)CCOCn1nc(/C=C/c2ccccc2)c2ccc(-c3ccccc3)cc21.C[Si](C)(C)CCOCn1nc(/C=C/c2ccccc2)c2ccc(I)cc21. The zero-order chi connectivity index (χ0) is 40.3. The first-order valence-corrected chi connectivity index (χ1v) is 28.3. The second-order valence-electron chi connectivity index (χ2n) is 16.7. The number of nitrogens with zero attached hydrogens (tertiary/aromatic N) is 4. The third-order valence-corrected chi connectivity index (χ3v) is 13.6. The molecule has 0 spiro atoms. The quantitative estimate of drug-likeness (QED) is 0.0584. The second-order valence-corrected chi connectivity index (χ2v) is 29.2. The molecule has 0 bridgehead atoms. The molecule has 0 atom stereocenters. The summed E-state index contributed by atoms with van der Waals surface area (Å²) in [6.45, 7) is 16.8. The summed E-state index contributed by atoms with van der Waals surface area (Å²) >= 11 is 2.35. The Bertz CT molecular complexity index is 2390. The van der Waals surface area contributed by atoms with E-state index in [0.29, 0.717) is 13.5 Å². The maximum Gasteiger partial charge on any atom is 0.140 e. The van der Waals surface area contributed by atoms with Crippen LogP contribution in [-0.2, 0) is 22.9 Å². The molecule has 0 saturated carbocycles. The van der Waals surface area contributed by atoms with Crippen molar-refractivity contribution in [2.24, 2.45) is 0 Å². The van der Waals surface area contributed by atoms with Crippen molar-refractivity contribution in [2.75, 3.05) is 13.2 Å². The molecule has 0 aliphatic rings. The molecule has 0 saturated heterocycles. The van der Waals surface area contributed by atoms with E-state index in [0.717, 1.165) is 58.0 Å². The van der Waals surface area contributed by atoms with Gasteiger partial charge in [0.05, 0.1) is 22.4 Å². The maximum atomic E-state index is 6.04. The van der Waals surface area contributed by atoms with Crippen LogP contribution in [0.3, 0.4) is 0 Å². The monoisotopic (exact) mass is 902 g/mol. The maximum absolute atomic E-state index is 6.04. The van der Waals surface area contributed by atoms with Crippen molar-refractivity contribution in [1.29, 1.82) is 0 Å². The lowest BCUT2D eigenvalue weighted by atomic mass is 10.0. The van der Waals surface area contributed by atoms with Crippen LogP contribution in [0.5, 0.6) is 0 Å². The molecule has 5 aromatic carbocycles. The van der Waals surface area contributed by atoms with Crippen LogP contribution in [0.2, 0.25) is 51.4 Å². The highest BCUT2D eigenvalue weighted by Gasteiger charge is 2.15. The lowest BCUT2D eigenvalue weighted by molar-refractivity contribution is 0.0815. The molecular weight excluding hydrogens is 848 g/mol. The highest BCUT2D eigenvalue weighted by Crippen LogP contribution is 2.28. The zero-order valence-corrected chi connectivity index (χ0v) is 38.3. The summed E-state index contributed by atoms with van der Waals surface area (Å²) in [6, 6.07) is 46.5. The average molecular weight is 903 g/mol. The molecule has 7 rings (SSSR count). The van der Waals surface area contributed by atoms with Gasteiger partial charge in [0.2, 0.25) is 0 Å². The minimum absolute atomic E-state index is 0.471. The molecule has 0 aliphatic heterocycles. The van der Waals surface area contributed by atoms with Gasteiger partial charge in [0, 0.05) is 43.7 Å². The molecule has 0 amide bonds. The van der Waals surface area contributed by atoms with Crippen LogP contribution in [-0.4, -0.2) is 48.9 Å². The predicted molar refractivity (Wildman–Crippen MR) is 257 cm³/mol. The standard InChI is InChI=1S/C27H30N2OSi.C21H25IN2OSi/c1-31(2,3)19-18-30-21-29-27-20-24(23-12-8-5-9-13-23)15-16-25(27)26(28-29)17-14-22-10-6-4-7-11-22;1-26(2,3)14-13-25-16-24-21-15-18(22)10-11-19(21)20(23-24)12-9-17-7-5-4-6-8-17/h4-17,20H,18-19,21H2,1-3H3;4-12,15H,13-14,16H2,1-3H3/b17-14+;12-9+. The molecular formula is C48H55IN4O2Si2. The molecule has 7 aromatic rings. The van der Waals surface area contributed by atoms with Gasteiger partial charge in [-0.15, -0.1) is 0 Å². The molecule has 0 unspecified atom stereocenters. The highest BCUT2D eigenvalue weighted by molar-refractivity contribution is 14.1. The Balaban J connectivity index is 0.000000196. The van der Waals surface area contributed by atoms with E-state index in [1.54, 1.807) is 0 Å². The molecule has 0 aliphatic carbocycles. The van der Waals surface area contributed by atoms with Crippen LogP contribution >= 0.6 is 22.6 Å². The van der Waals surface area contributed by atoms with E-state index in [4.69, 9.17) is 19.7 Å². The first kappa shape index (κ1) is 42.2. The summed E-state index contributed by atoms with van der Waals surface area (Å²) in [5.74, 6) is 0. The topological polar surface area (TPSA) is 54.1 Å². The molecule has 0 radical (unpaired) electrons. The Morgan fingerprint density at radius 3 is 1.42 bits per heavy atom. The second kappa shape index (κ2) is 19.8. The van der Waals surface area contributed by atoms with E-state index in [-0.39, 0.29) is 0 Å². The third-order valence-electron chi connectivity index (χ3n) is 9.52. The first-order chi connectivity index (χ1) is 27.4. The van der Waals surface area contributed by atoms with Crippen LogP contribution in [0.1, 0.15) is 22.5 Å². The van der Waals surface area contributed by atoms with Crippen molar-refractivity contribution in [3.8, 4) is 11.1 Å². The van der Waals surface area contributed by atoms with Crippen LogP contribution in [0, 0.1) is 3.57 Å². The fourth-order valence-corrected chi connectivity index (χ4v) is 8.15. The summed E-state index contributed by atoms with van der Waals surface area (Å²) in [4.78, 5) is 0. The molecule has 9 heteroatoms. The van der Waals surface area contributed by atoms with Gasteiger partial charge in [-0.25, -0.2) is 9.36 Å². The summed E-state index contributed by atoms with van der Waals surface area (Å²) < 4.78 is 17.1. The Morgan fingerprint density at radius 2 is 0.947 bits per heavy atom. The number of hydrogen-bond acceptors (Lipinski definition) is 4. The number of ether oxygens (including phenoxy) is 2. The lowest BCUT2D eigenvalue weighted by Gasteiger charge is -2.15. The number of halogens is 1. The summed E-state index contributed by atoms with van der Waals surface area (Å²) in [6.07, 6.45) is 8.40. The van der Waals surface area contributed by atoms with Crippen molar-refractivity contribution in [3.63, 3.8) is 0 Å². The van der Waals surface area contributed by atoms with Crippen LogP contribution in [0.4, 0.5) is 0 Å². The fraction of sp³-hybridized carbons (Fsp3) is 0.250. The molecule has 2 heterocycles. The van der Waals surface area contributed by atoms with E-state index in [1.165, 1.54) is 26.3 Å². The van der Waals surface area contributed by atoms with Gasteiger partial charge in [0.1, 0.15) is 13.5 Å². The molecule has 6 nitrogen and oxygen atoms in total. The zero-order valence-electron chi connectivity index (χ0n) is 34.2. The summed E-state index contributed by atoms with van der Waals surface area (Å²) in [5, 5.41) is 12.0. The highest BCUT2D eigenvalue weighted by atomic mass is 127. The van der Waals surface area contributed by atoms with Gasteiger partial charge < -0.3 is 9.47 Å². The number of rotatable bonds is 15. The normalized spacial score (nSPS) is 12.2. The van der Waals surface area contributed by atoms with Gasteiger partial charge in [-0.3, -0.25) is 0 Å². The Morgan fingerprint density at radius 1 is 0.509 bits per heavy atom. The lowest BCUT2D eigenvalue weighted by Crippen LogP contribution is -2.22. The number of hydrogen-bond donors (Lipinski definition) is 0. The van der Waals surface area contributed by atoms with E-state index in [1.807, 2.05) is 39.7 Å². The van der Waals surface area contributed by atoms with Gasteiger partial charge in [-0.05, 0) is 99.4 Å². The predicted octanol–water partition coefficient (Wildman–Crippen LogP) is 13.3. The van der Waals surface area contributed by atoms with Crippen LogP contribution in [0.25, 0.3) is 57.2 Å². The molecule has 294 valence electrons. The number of fused-ring (bicyclic) bond motifs is 2. The van der Waals surface area contributed by atoms with E-state index < -0.39 is 16.1 Å². The van der Waals surface area contributed by atoms with Crippen molar-refractivity contribution in [2.45, 2.75) is 64.8 Å². The largest absolute Gasteiger partial charge is 0.360 e. The number of aromatic nitrogens is 4. The Labute approximate surface area is 354 Å². The summed E-state index contributed by atoms with van der Waals surface area (Å²) in [7, 11) is -2.18. The van der Waals surface area contributed by atoms with Crippen molar-refractivity contribution >= 4 is 84.8 Å². The van der Waals surface area contributed by atoms with E-state index in [9.17, 15) is 0 Å². The van der Waals surface area contributed by atoms with Gasteiger partial charge in [0.15, 0.2) is 0 Å². The van der Waals surface area contributed by atoms with E-state index in [2.05, 4.69) is 183 Å². The Hall–Kier alpha value is -4.40. The Kier molecular flexibility index (Phi) is 14.7. The third kappa shape index (κ3) is 12.8. The smallest absolute Gasteiger partial charge is 0.140 e. The van der Waals surface area contributed by atoms with Gasteiger partial charge in [-0.2, -0.15) is 10.2 Å². The average Bonchev–Trinajstić information content (AvgIpc) is 3.73. The fourth-order valence-electron chi connectivity index (χ4n) is 6.16. The van der Waals surface area contributed by atoms with Crippen LogP contribution in [0.15, 0.2) is 127 Å². The van der Waals surface area contributed by atoms with Crippen LogP contribution < -0.4 is 0 Å². The van der Waals surface area contributed by atoms with E-state index >= 15 is 0 Å². The van der Waals surface area contributed by atoms with Crippen molar-refractivity contribution in [3.05, 3.63) is 153 Å². The van der Waals surface area contributed by atoms with Crippen molar-refractivity contribution in [1.82, 2.24) is 19.6 Å². The van der Waals surface area contributed by atoms with Gasteiger partial charge in [0.25, 0.3) is 0 Å². The van der Waals surface area contributed by atoms with Crippen molar-refractivity contribution < 1.29 is 9.47 Å². The molecule has 57 heavy (non-hydrogen) atoms. The number of benzene rings is 5. The van der Waals surface area contributed by atoms with Gasteiger partial charge in [-0.1, -0.05) is 148 Å². The molecule has 2 aromatic heterocycles. The molecule has 0 N–H and O–H groups in total. The minimum Gasteiger partial charge on any atom is -0.360 e. The molecule has 0 fully saturated rings. The van der Waals surface area contributed by atoms with Gasteiger partial charge >= 0.3 is 0 Å². The minimum atomic E-state index is -1.11. The first-order valence-electron chi connectivity index (χ1n) is 19.8. The summed E-state index contributed by atoms with van der Waals surface area (Å²) in [5.41, 5.74) is 8.90.